The molecular formula is C15H32N2O. The Balaban J connectivity index is 2.47. The molecule has 108 valence electrons. The van der Waals surface area contributed by atoms with E-state index in [0.29, 0.717) is 12.1 Å². The second-order valence-electron chi connectivity index (χ2n) is 6.16. The van der Waals surface area contributed by atoms with Crippen LogP contribution in [0.15, 0.2) is 0 Å². The van der Waals surface area contributed by atoms with Crippen LogP contribution in [-0.2, 0) is 4.74 Å². The molecule has 0 amide bonds. The zero-order valence-corrected chi connectivity index (χ0v) is 13.0. The van der Waals surface area contributed by atoms with E-state index in [1.807, 2.05) is 7.11 Å². The first-order chi connectivity index (χ1) is 8.52. The number of hydrogen-bond acceptors (Lipinski definition) is 3. The van der Waals surface area contributed by atoms with Gasteiger partial charge < -0.3 is 10.1 Å². The number of nitrogens with zero attached hydrogens (tertiary/aromatic N) is 1. The quantitative estimate of drug-likeness (QED) is 0.758. The Morgan fingerprint density at radius 1 is 1.33 bits per heavy atom. The van der Waals surface area contributed by atoms with Gasteiger partial charge in [-0.1, -0.05) is 20.3 Å². The molecule has 0 bridgehead atoms. The van der Waals surface area contributed by atoms with Crippen molar-refractivity contribution in [2.75, 3.05) is 26.7 Å². The molecule has 1 rings (SSSR count). The van der Waals surface area contributed by atoms with Gasteiger partial charge >= 0.3 is 0 Å². The molecule has 18 heavy (non-hydrogen) atoms. The molecule has 0 radical (unpaired) electrons. The first-order valence-corrected chi connectivity index (χ1v) is 7.55. The Morgan fingerprint density at radius 3 is 2.61 bits per heavy atom. The van der Waals surface area contributed by atoms with Crippen molar-refractivity contribution in [1.29, 1.82) is 0 Å². The average Bonchev–Trinajstić information content (AvgIpc) is 2.37. The Hall–Kier alpha value is -0.120. The van der Waals surface area contributed by atoms with Crippen LogP contribution in [-0.4, -0.2) is 49.3 Å². The highest BCUT2D eigenvalue weighted by Gasteiger charge is 2.27. The van der Waals surface area contributed by atoms with Gasteiger partial charge in [-0.2, -0.15) is 0 Å². The summed E-state index contributed by atoms with van der Waals surface area (Å²) in [6, 6.07) is 1.38. The van der Waals surface area contributed by atoms with Crippen molar-refractivity contribution in [1.82, 2.24) is 10.2 Å². The smallest absolute Gasteiger partial charge is 0.0634 e. The normalized spacial score (nSPS) is 26.5. The van der Waals surface area contributed by atoms with E-state index in [4.69, 9.17) is 4.74 Å². The molecule has 1 aliphatic heterocycles. The van der Waals surface area contributed by atoms with E-state index in [9.17, 15) is 0 Å². The number of rotatable bonds is 7. The fourth-order valence-electron chi connectivity index (χ4n) is 2.66. The van der Waals surface area contributed by atoms with Gasteiger partial charge in [-0.3, -0.25) is 4.90 Å². The maximum Gasteiger partial charge on any atom is 0.0634 e. The van der Waals surface area contributed by atoms with E-state index in [2.05, 4.69) is 37.9 Å². The van der Waals surface area contributed by atoms with Crippen LogP contribution in [0.2, 0.25) is 0 Å². The van der Waals surface area contributed by atoms with Gasteiger partial charge in [0.05, 0.1) is 5.60 Å². The lowest BCUT2D eigenvalue weighted by molar-refractivity contribution is -0.000734. The van der Waals surface area contributed by atoms with Crippen LogP contribution in [0, 0.1) is 0 Å². The van der Waals surface area contributed by atoms with Gasteiger partial charge in [-0.25, -0.2) is 0 Å². The SMILES string of the molecule is CCCC1CN(CCC(C)(C)OC)C(CC)CN1. The summed E-state index contributed by atoms with van der Waals surface area (Å²) < 4.78 is 5.53. The monoisotopic (exact) mass is 256 g/mol. The molecule has 0 saturated carbocycles. The molecule has 1 N–H and O–H groups in total. The Kier molecular flexibility index (Phi) is 6.61. The molecule has 1 heterocycles. The number of hydrogen-bond donors (Lipinski definition) is 1. The Bertz CT molecular complexity index is 231. The van der Waals surface area contributed by atoms with Crippen molar-refractivity contribution in [3.05, 3.63) is 0 Å². The lowest BCUT2D eigenvalue weighted by Crippen LogP contribution is -2.56. The molecule has 0 aromatic heterocycles. The summed E-state index contributed by atoms with van der Waals surface area (Å²) >= 11 is 0. The first-order valence-electron chi connectivity index (χ1n) is 7.55. The minimum atomic E-state index is 0.00339. The molecule has 3 nitrogen and oxygen atoms in total. The molecular weight excluding hydrogens is 224 g/mol. The van der Waals surface area contributed by atoms with Crippen LogP contribution in [0.3, 0.4) is 0 Å². The van der Waals surface area contributed by atoms with Crippen LogP contribution < -0.4 is 5.32 Å². The highest BCUT2D eigenvalue weighted by molar-refractivity contribution is 4.86. The van der Waals surface area contributed by atoms with Crippen molar-refractivity contribution in [3.8, 4) is 0 Å². The predicted molar refractivity (Wildman–Crippen MR) is 78.1 cm³/mol. The van der Waals surface area contributed by atoms with Crippen molar-refractivity contribution in [2.45, 2.75) is 71.1 Å². The highest BCUT2D eigenvalue weighted by Crippen LogP contribution is 2.18. The molecule has 0 spiro atoms. The zero-order chi connectivity index (χ0) is 13.6. The van der Waals surface area contributed by atoms with E-state index >= 15 is 0 Å². The predicted octanol–water partition coefficient (Wildman–Crippen LogP) is 2.65. The lowest BCUT2D eigenvalue weighted by Gasteiger charge is -2.41. The van der Waals surface area contributed by atoms with Crippen LogP contribution >= 0.6 is 0 Å². The number of methoxy groups -OCH3 is 1. The minimum Gasteiger partial charge on any atom is -0.379 e. The maximum absolute atomic E-state index is 5.53. The van der Waals surface area contributed by atoms with Crippen LogP contribution in [0.5, 0.6) is 0 Å². The van der Waals surface area contributed by atoms with Gasteiger partial charge in [0, 0.05) is 38.8 Å². The number of ether oxygens (including phenoxy) is 1. The molecule has 0 aliphatic carbocycles. The van der Waals surface area contributed by atoms with Crippen LogP contribution in [0.1, 0.15) is 53.4 Å². The Morgan fingerprint density at radius 2 is 2.06 bits per heavy atom. The molecule has 1 aliphatic rings. The van der Waals surface area contributed by atoms with Gasteiger partial charge in [-0.05, 0) is 33.1 Å². The third kappa shape index (κ3) is 4.87. The van der Waals surface area contributed by atoms with Gasteiger partial charge in [-0.15, -0.1) is 0 Å². The molecule has 0 aromatic rings. The minimum absolute atomic E-state index is 0.00339. The summed E-state index contributed by atoms with van der Waals surface area (Å²) in [5.74, 6) is 0. The Labute approximate surface area is 113 Å². The summed E-state index contributed by atoms with van der Waals surface area (Å²) in [4.78, 5) is 2.66. The standard InChI is InChI=1S/C15H32N2O/c1-6-8-13-12-17(14(7-2)11-16-13)10-9-15(3,4)18-5/h13-14,16H,6-12H2,1-5H3. The topological polar surface area (TPSA) is 24.5 Å². The molecule has 1 fully saturated rings. The lowest BCUT2D eigenvalue weighted by atomic mass is 10.00. The second-order valence-corrected chi connectivity index (χ2v) is 6.16. The highest BCUT2D eigenvalue weighted by atomic mass is 16.5. The second kappa shape index (κ2) is 7.46. The summed E-state index contributed by atoms with van der Waals surface area (Å²) in [7, 11) is 1.81. The van der Waals surface area contributed by atoms with Crippen molar-refractivity contribution >= 4 is 0 Å². The van der Waals surface area contributed by atoms with Crippen molar-refractivity contribution in [2.24, 2.45) is 0 Å². The molecule has 2 unspecified atom stereocenters. The summed E-state index contributed by atoms with van der Waals surface area (Å²) in [6.45, 7) is 12.4. The molecule has 3 heteroatoms. The maximum atomic E-state index is 5.53. The van der Waals surface area contributed by atoms with Gasteiger partial charge in [0.25, 0.3) is 0 Å². The van der Waals surface area contributed by atoms with Crippen LogP contribution in [0.25, 0.3) is 0 Å². The summed E-state index contributed by atoms with van der Waals surface area (Å²) in [5, 5.41) is 3.69. The molecule has 0 aromatic carbocycles. The summed E-state index contributed by atoms with van der Waals surface area (Å²) in [5.41, 5.74) is 0.00339. The van der Waals surface area contributed by atoms with Gasteiger partial charge in [0.15, 0.2) is 0 Å². The molecule has 2 atom stereocenters. The van der Waals surface area contributed by atoms with E-state index in [0.717, 1.165) is 19.5 Å². The summed E-state index contributed by atoms with van der Waals surface area (Å²) in [6.07, 6.45) is 4.91. The fraction of sp³-hybridized carbons (Fsp3) is 1.00. The zero-order valence-electron chi connectivity index (χ0n) is 13.0. The van der Waals surface area contributed by atoms with E-state index < -0.39 is 0 Å². The largest absolute Gasteiger partial charge is 0.379 e. The first kappa shape index (κ1) is 15.9. The van der Waals surface area contributed by atoms with Crippen molar-refractivity contribution in [3.63, 3.8) is 0 Å². The van der Waals surface area contributed by atoms with Gasteiger partial charge in [0.2, 0.25) is 0 Å². The van der Waals surface area contributed by atoms with E-state index in [1.54, 1.807) is 0 Å². The fourth-order valence-corrected chi connectivity index (χ4v) is 2.66. The number of nitrogens with one attached hydrogen (secondary N) is 1. The number of piperazine rings is 1. The van der Waals surface area contributed by atoms with E-state index in [1.165, 1.54) is 25.8 Å². The third-order valence-corrected chi connectivity index (χ3v) is 4.28. The average molecular weight is 256 g/mol. The van der Waals surface area contributed by atoms with Crippen molar-refractivity contribution < 1.29 is 4.74 Å². The van der Waals surface area contributed by atoms with E-state index in [-0.39, 0.29) is 5.60 Å². The third-order valence-electron chi connectivity index (χ3n) is 4.28. The van der Waals surface area contributed by atoms with Gasteiger partial charge in [0.1, 0.15) is 0 Å². The molecule has 1 saturated heterocycles. The van der Waals surface area contributed by atoms with Crippen LogP contribution in [0.4, 0.5) is 0 Å².